The van der Waals surface area contributed by atoms with Gasteiger partial charge in [-0.2, -0.15) is 0 Å². The third-order valence-corrected chi connectivity index (χ3v) is 3.80. The van der Waals surface area contributed by atoms with Crippen LogP contribution in [0.5, 0.6) is 0 Å². The molecule has 0 saturated carbocycles. The molecule has 1 rings (SSSR count). The third-order valence-electron chi connectivity index (χ3n) is 3.21. The number of amides is 1. The van der Waals surface area contributed by atoms with E-state index in [4.69, 9.17) is 5.11 Å². The van der Waals surface area contributed by atoms with Gasteiger partial charge in [-0.05, 0) is 32.9 Å². The molecule has 0 aliphatic rings. The molecule has 0 aliphatic heterocycles. The molecular weight excluding hydrogens is 308 g/mol. The number of nitrogens with one attached hydrogen (secondary N) is 2. The second-order valence-corrected chi connectivity index (χ2v) is 7.06. The lowest BCUT2D eigenvalue weighted by Crippen LogP contribution is -2.40. The van der Waals surface area contributed by atoms with Crippen LogP contribution in [0, 0.1) is 12.8 Å². The quantitative estimate of drug-likeness (QED) is 0.726. The minimum Gasteiger partial charge on any atom is -0.481 e. The number of carbonyl (C=O) groups is 2. The molecule has 0 bridgehead atoms. The summed E-state index contributed by atoms with van der Waals surface area (Å²) >= 11 is 0. The highest BCUT2D eigenvalue weighted by molar-refractivity contribution is 7.92. The third kappa shape index (κ3) is 5.03. The maximum atomic E-state index is 12.3. The van der Waals surface area contributed by atoms with E-state index in [9.17, 15) is 18.0 Å². The fourth-order valence-corrected chi connectivity index (χ4v) is 2.34. The molecule has 1 aromatic carbocycles. The molecule has 2 unspecified atom stereocenters. The number of carbonyl (C=O) groups excluding carboxylic acids is 1. The molecule has 0 aliphatic carbocycles. The first-order valence-corrected chi connectivity index (χ1v) is 8.52. The lowest BCUT2D eigenvalue weighted by molar-refractivity contribution is -0.141. The van der Waals surface area contributed by atoms with Gasteiger partial charge in [0, 0.05) is 6.04 Å². The van der Waals surface area contributed by atoms with Crippen LogP contribution in [0.2, 0.25) is 0 Å². The Labute approximate surface area is 129 Å². The molecule has 0 heterocycles. The summed E-state index contributed by atoms with van der Waals surface area (Å²) in [6.07, 6.45) is 0.990. The summed E-state index contributed by atoms with van der Waals surface area (Å²) in [4.78, 5) is 23.2. The Kier molecular flexibility index (Phi) is 5.54. The predicted octanol–water partition coefficient (Wildman–Crippen LogP) is 1.21. The molecule has 1 amide bonds. The summed E-state index contributed by atoms with van der Waals surface area (Å²) in [6.45, 7) is 4.83. The number of anilines is 1. The number of hydrogen-bond acceptors (Lipinski definition) is 4. The van der Waals surface area contributed by atoms with Crippen molar-refractivity contribution < 1.29 is 23.1 Å². The van der Waals surface area contributed by atoms with Crippen molar-refractivity contribution in [3.05, 3.63) is 29.3 Å². The predicted molar refractivity (Wildman–Crippen MR) is 83.4 cm³/mol. The van der Waals surface area contributed by atoms with Gasteiger partial charge >= 0.3 is 5.97 Å². The summed E-state index contributed by atoms with van der Waals surface area (Å²) in [7, 11) is -3.53. The monoisotopic (exact) mass is 328 g/mol. The largest absolute Gasteiger partial charge is 0.481 e. The van der Waals surface area contributed by atoms with Crippen molar-refractivity contribution in [2.24, 2.45) is 5.92 Å². The number of hydrogen-bond donors (Lipinski definition) is 3. The number of aryl methyl sites for hydroxylation is 1. The number of aliphatic carboxylic acids is 1. The maximum Gasteiger partial charge on any atom is 0.308 e. The molecule has 0 spiro atoms. The Morgan fingerprint density at radius 2 is 1.82 bits per heavy atom. The lowest BCUT2D eigenvalue weighted by Gasteiger charge is -2.19. The van der Waals surface area contributed by atoms with Crippen molar-refractivity contribution in [1.29, 1.82) is 0 Å². The fourth-order valence-electron chi connectivity index (χ4n) is 1.76. The molecule has 8 heteroatoms. The van der Waals surface area contributed by atoms with E-state index in [0.717, 1.165) is 11.8 Å². The van der Waals surface area contributed by atoms with Gasteiger partial charge in [-0.15, -0.1) is 0 Å². The van der Waals surface area contributed by atoms with E-state index in [-0.39, 0.29) is 11.3 Å². The van der Waals surface area contributed by atoms with Crippen molar-refractivity contribution in [2.45, 2.75) is 26.8 Å². The van der Waals surface area contributed by atoms with Crippen molar-refractivity contribution in [3.8, 4) is 0 Å². The van der Waals surface area contributed by atoms with E-state index in [1.54, 1.807) is 26.0 Å². The van der Waals surface area contributed by atoms with Crippen LogP contribution in [0.1, 0.15) is 29.8 Å². The van der Waals surface area contributed by atoms with Gasteiger partial charge in [-0.25, -0.2) is 8.42 Å². The summed E-state index contributed by atoms with van der Waals surface area (Å²) < 4.78 is 25.0. The van der Waals surface area contributed by atoms with Gasteiger partial charge in [0.05, 0.1) is 23.4 Å². The van der Waals surface area contributed by atoms with Gasteiger partial charge in [-0.3, -0.25) is 14.3 Å². The first-order valence-electron chi connectivity index (χ1n) is 6.63. The topological polar surface area (TPSA) is 113 Å². The molecule has 122 valence electrons. The van der Waals surface area contributed by atoms with Gasteiger partial charge in [0.1, 0.15) is 0 Å². The SMILES string of the molecule is Cc1ccc(NS(C)(=O)=O)c(C(=O)NC(C)C(C)C(=O)O)c1. The van der Waals surface area contributed by atoms with Crippen LogP contribution >= 0.6 is 0 Å². The van der Waals surface area contributed by atoms with Gasteiger partial charge < -0.3 is 10.4 Å². The molecule has 22 heavy (non-hydrogen) atoms. The fraction of sp³-hybridized carbons (Fsp3) is 0.429. The van der Waals surface area contributed by atoms with E-state index in [1.165, 1.54) is 13.0 Å². The Bertz CT molecular complexity index is 684. The zero-order chi connectivity index (χ0) is 17.1. The van der Waals surface area contributed by atoms with E-state index in [0.29, 0.717) is 0 Å². The number of benzene rings is 1. The summed E-state index contributed by atoms with van der Waals surface area (Å²) in [5.41, 5.74) is 1.08. The van der Waals surface area contributed by atoms with Gasteiger partial charge in [-0.1, -0.05) is 11.6 Å². The molecule has 2 atom stereocenters. The smallest absolute Gasteiger partial charge is 0.308 e. The highest BCUT2D eigenvalue weighted by Crippen LogP contribution is 2.19. The van der Waals surface area contributed by atoms with E-state index >= 15 is 0 Å². The van der Waals surface area contributed by atoms with Crippen LogP contribution in [0.25, 0.3) is 0 Å². The number of sulfonamides is 1. The molecule has 0 fully saturated rings. The Hall–Kier alpha value is -2.09. The van der Waals surface area contributed by atoms with Crippen LogP contribution in [0.3, 0.4) is 0 Å². The minimum atomic E-state index is -3.53. The van der Waals surface area contributed by atoms with Gasteiger partial charge in [0.15, 0.2) is 0 Å². The van der Waals surface area contributed by atoms with Crippen LogP contribution in [0.4, 0.5) is 5.69 Å². The Morgan fingerprint density at radius 1 is 1.23 bits per heavy atom. The van der Waals surface area contributed by atoms with E-state index in [1.807, 2.05) is 0 Å². The minimum absolute atomic E-state index is 0.148. The highest BCUT2D eigenvalue weighted by atomic mass is 32.2. The Balaban J connectivity index is 3.06. The van der Waals surface area contributed by atoms with Crippen LogP contribution in [-0.4, -0.2) is 37.7 Å². The number of carboxylic acids is 1. The van der Waals surface area contributed by atoms with Crippen molar-refractivity contribution in [1.82, 2.24) is 5.32 Å². The van der Waals surface area contributed by atoms with Crippen molar-refractivity contribution in [3.63, 3.8) is 0 Å². The lowest BCUT2D eigenvalue weighted by atomic mass is 10.0. The molecule has 0 saturated heterocycles. The van der Waals surface area contributed by atoms with Crippen molar-refractivity contribution >= 4 is 27.6 Å². The van der Waals surface area contributed by atoms with Gasteiger partial charge in [0.25, 0.3) is 5.91 Å². The molecule has 3 N–H and O–H groups in total. The highest BCUT2D eigenvalue weighted by Gasteiger charge is 2.23. The Morgan fingerprint density at radius 3 is 2.32 bits per heavy atom. The van der Waals surface area contributed by atoms with Crippen LogP contribution in [0.15, 0.2) is 18.2 Å². The summed E-state index contributed by atoms with van der Waals surface area (Å²) in [5.74, 6) is -2.32. The summed E-state index contributed by atoms with van der Waals surface area (Å²) in [6, 6.07) is 4.11. The second kappa shape index (κ2) is 6.78. The van der Waals surface area contributed by atoms with Gasteiger partial charge in [0.2, 0.25) is 10.0 Å². The average Bonchev–Trinajstić information content (AvgIpc) is 2.38. The number of rotatable bonds is 6. The average molecular weight is 328 g/mol. The standard InChI is InChI=1S/C14H20N2O5S/c1-8-5-6-12(16-22(4,20)21)11(7-8)13(17)15-10(3)9(2)14(18)19/h5-7,9-10,16H,1-4H3,(H,15,17)(H,18,19). The van der Waals surface area contributed by atoms with Crippen LogP contribution in [-0.2, 0) is 14.8 Å². The van der Waals surface area contributed by atoms with E-state index in [2.05, 4.69) is 10.0 Å². The zero-order valence-electron chi connectivity index (χ0n) is 12.9. The normalized spacial score (nSPS) is 14.0. The van der Waals surface area contributed by atoms with Crippen LogP contribution < -0.4 is 10.0 Å². The van der Waals surface area contributed by atoms with Crippen molar-refractivity contribution in [2.75, 3.05) is 11.0 Å². The maximum absolute atomic E-state index is 12.3. The van der Waals surface area contributed by atoms with E-state index < -0.39 is 33.9 Å². The molecule has 0 radical (unpaired) electrons. The molecule has 7 nitrogen and oxygen atoms in total. The zero-order valence-corrected chi connectivity index (χ0v) is 13.7. The second-order valence-electron chi connectivity index (χ2n) is 5.31. The summed E-state index contributed by atoms with van der Waals surface area (Å²) in [5, 5.41) is 11.5. The first kappa shape index (κ1) is 18.0. The molecule has 0 aromatic heterocycles. The first-order chi connectivity index (χ1) is 10.0. The molecule has 1 aromatic rings. The molecular formula is C14H20N2O5S. The number of carboxylic acid groups (broad SMARTS) is 1.